The fourth-order valence-corrected chi connectivity index (χ4v) is 4.37. The molecule has 0 saturated carbocycles. The molecule has 8 nitrogen and oxygen atoms in total. The number of rotatable bonds is 7. The molecule has 1 aliphatic heterocycles. The average Bonchev–Trinajstić information content (AvgIpc) is 3.31. The zero-order chi connectivity index (χ0) is 26.6. The van der Waals surface area contributed by atoms with Gasteiger partial charge in [0, 0.05) is 30.0 Å². The lowest BCUT2D eigenvalue weighted by molar-refractivity contribution is -0.122. The summed E-state index contributed by atoms with van der Waals surface area (Å²) in [4.78, 5) is 37.0. The highest BCUT2D eigenvalue weighted by molar-refractivity contribution is 6.04. The lowest BCUT2D eigenvalue weighted by Crippen LogP contribution is -2.28. The first kappa shape index (κ1) is 25.0. The van der Waals surface area contributed by atoms with Crippen molar-refractivity contribution in [2.45, 2.75) is 27.2 Å². The van der Waals surface area contributed by atoms with Crippen LogP contribution in [0.5, 0.6) is 0 Å². The molecule has 2 heterocycles. The molecule has 0 aliphatic carbocycles. The van der Waals surface area contributed by atoms with E-state index in [-0.39, 0.29) is 18.2 Å². The van der Waals surface area contributed by atoms with Crippen LogP contribution in [0.3, 0.4) is 0 Å². The van der Waals surface area contributed by atoms with Gasteiger partial charge in [0.1, 0.15) is 5.69 Å². The second kappa shape index (κ2) is 10.7. The Balaban J connectivity index is 1.41. The van der Waals surface area contributed by atoms with Gasteiger partial charge in [-0.25, -0.2) is 4.98 Å². The van der Waals surface area contributed by atoms with Crippen molar-refractivity contribution in [1.29, 1.82) is 0 Å². The molecule has 8 heteroatoms. The van der Waals surface area contributed by atoms with Gasteiger partial charge in [-0.3, -0.25) is 9.59 Å². The molecule has 1 fully saturated rings. The van der Waals surface area contributed by atoms with E-state index in [1.807, 2.05) is 99.6 Å². The number of nitrogens with zero attached hydrogens (tertiary/aromatic N) is 3. The minimum Gasteiger partial charge on any atom is -0.338 e. The van der Waals surface area contributed by atoms with E-state index in [0.717, 1.165) is 28.2 Å². The van der Waals surface area contributed by atoms with Crippen LogP contribution in [0.15, 0.2) is 78.9 Å². The molecule has 2 amide bonds. The van der Waals surface area contributed by atoms with Crippen LogP contribution in [0.2, 0.25) is 0 Å². The number of carbonyl (C=O) groups is 2. The molecule has 38 heavy (non-hydrogen) atoms. The van der Waals surface area contributed by atoms with E-state index in [1.54, 1.807) is 4.90 Å². The topological polar surface area (TPSA) is 99.2 Å². The summed E-state index contributed by atoms with van der Waals surface area (Å²) in [5.41, 5.74) is 5.86. The molecule has 0 radical (unpaired) electrons. The third-order valence-corrected chi connectivity index (χ3v) is 6.52. The molecule has 0 unspecified atom stereocenters. The maximum Gasteiger partial charge on any atom is 0.229 e. The maximum atomic E-state index is 13.4. The average molecular weight is 507 g/mol. The molecule has 1 atom stereocenters. The van der Waals surface area contributed by atoms with Crippen molar-refractivity contribution in [1.82, 2.24) is 9.97 Å². The Morgan fingerprint density at radius 2 is 1.42 bits per heavy atom. The van der Waals surface area contributed by atoms with Gasteiger partial charge in [-0.05, 0) is 57.2 Å². The number of hydrogen-bond donors (Lipinski definition) is 3. The summed E-state index contributed by atoms with van der Waals surface area (Å²) in [6.07, 6.45) is 0.147. The van der Waals surface area contributed by atoms with Crippen molar-refractivity contribution in [2.75, 3.05) is 27.4 Å². The number of aryl methyl sites for hydroxylation is 3. The van der Waals surface area contributed by atoms with E-state index in [9.17, 15) is 9.59 Å². The summed E-state index contributed by atoms with van der Waals surface area (Å²) in [6.45, 7) is 6.20. The summed E-state index contributed by atoms with van der Waals surface area (Å²) in [6, 6.07) is 25.3. The summed E-state index contributed by atoms with van der Waals surface area (Å²) >= 11 is 0. The molecule has 192 valence electrons. The monoisotopic (exact) mass is 506 g/mol. The lowest BCUT2D eigenvalue weighted by Gasteiger charge is -2.19. The van der Waals surface area contributed by atoms with E-state index in [2.05, 4.69) is 20.9 Å². The van der Waals surface area contributed by atoms with Gasteiger partial charge < -0.3 is 20.9 Å². The van der Waals surface area contributed by atoms with Gasteiger partial charge in [0.05, 0.1) is 11.6 Å². The summed E-state index contributed by atoms with van der Waals surface area (Å²) < 4.78 is 0. The van der Waals surface area contributed by atoms with Crippen LogP contribution in [0.1, 0.15) is 23.2 Å². The smallest absolute Gasteiger partial charge is 0.229 e. The third kappa shape index (κ3) is 5.64. The van der Waals surface area contributed by atoms with Crippen LogP contribution in [0, 0.1) is 26.7 Å². The first-order valence-corrected chi connectivity index (χ1v) is 12.6. The number of hydrogen-bond acceptors (Lipinski definition) is 6. The Bertz CT molecular complexity index is 1450. The van der Waals surface area contributed by atoms with E-state index in [0.29, 0.717) is 29.7 Å². The van der Waals surface area contributed by atoms with Crippen LogP contribution >= 0.6 is 0 Å². The number of benzene rings is 3. The molecule has 4 aromatic rings. The van der Waals surface area contributed by atoms with Crippen LogP contribution < -0.4 is 20.9 Å². The number of para-hydroxylation sites is 1. The van der Waals surface area contributed by atoms with Crippen molar-refractivity contribution < 1.29 is 9.59 Å². The Morgan fingerprint density at radius 3 is 2.05 bits per heavy atom. The second-order valence-corrected chi connectivity index (χ2v) is 9.57. The minimum atomic E-state index is -0.486. The minimum absolute atomic E-state index is 0.0695. The zero-order valence-electron chi connectivity index (χ0n) is 21.7. The first-order chi connectivity index (χ1) is 18.4. The fraction of sp³-hybridized carbons (Fsp3) is 0.200. The molecular weight excluding hydrogens is 476 g/mol. The Labute approximate surface area is 222 Å². The Kier molecular flexibility index (Phi) is 7.04. The highest BCUT2D eigenvalue weighted by atomic mass is 16.2. The van der Waals surface area contributed by atoms with Gasteiger partial charge in [-0.15, -0.1) is 0 Å². The zero-order valence-corrected chi connectivity index (χ0v) is 21.7. The number of nitrogens with one attached hydrogen (secondary N) is 3. The molecular formula is C30H30N6O2. The van der Waals surface area contributed by atoms with E-state index in [1.165, 1.54) is 0 Å². The molecule has 3 N–H and O–H groups in total. The third-order valence-electron chi connectivity index (χ3n) is 6.52. The second-order valence-electron chi connectivity index (χ2n) is 9.57. The van der Waals surface area contributed by atoms with Crippen molar-refractivity contribution >= 4 is 46.3 Å². The van der Waals surface area contributed by atoms with Crippen LogP contribution in [-0.2, 0) is 9.59 Å². The maximum absolute atomic E-state index is 13.4. The number of anilines is 6. The van der Waals surface area contributed by atoms with Crippen molar-refractivity contribution in [3.8, 4) is 0 Å². The van der Waals surface area contributed by atoms with Crippen LogP contribution in [0.4, 0.5) is 34.5 Å². The first-order valence-electron chi connectivity index (χ1n) is 12.6. The molecule has 1 aliphatic rings. The molecule has 3 aromatic carbocycles. The lowest BCUT2D eigenvalue weighted by atomic mass is 10.1. The Morgan fingerprint density at radius 1 is 0.816 bits per heavy atom. The number of carbonyl (C=O) groups excluding carboxylic acids is 2. The quantitative estimate of drug-likeness (QED) is 0.289. The van der Waals surface area contributed by atoms with Crippen LogP contribution in [-0.4, -0.2) is 28.3 Å². The van der Waals surface area contributed by atoms with Gasteiger partial charge in [0.15, 0.2) is 5.82 Å². The normalized spacial score (nSPS) is 14.9. The van der Waals surface area contributed by atoms with Gasteiger partial charge in [0.2, 0.25) is 17.8 Å². The number of amides is 2. The largest absolute Gasteiger partial charge is 0.338 e. The fourth-order valence-electron chi connectivity index (χ4n) is 4.37. The predicted octanol–water partition coefficient (Wildman–Crippen LogP) is 5.88. The molecule has 0 spiro atoms. The van der Waals surface area contributed by atoms with E-state index >= 15 is 0 Å². The van der Waals surface area contributed by atoms with Crippen molar-refractivity contribution in [2.24, 2.45) is 5.92 Å². The predicted molar refractivity (Wildman–Crippen MR) is 151 cm³/mol. The van der Waals surface area contributed by atoms with Gasteiger partial charge in [-0.2, -0.15) is 4.98 Å². The van der Waals surface area contributed by atoms with Gasteiger partial charge >= 0.3 is 0 Å². The summed E-state index contributed by atoms with van der Waals surface area (Å²) in [5.74, 6) is 0.0770. The van der Waals surface area contributed by atoms with Gasteiger partial charge in [-0.1, -0.05) is 53.6 Å². The standard InChI is InChI=1S/C30H30N6O2/c1-19-9-13-23(14-10-19)32-28-27(21(3)31-30(35-28)33-24-15-11-20(2)12-16-24)34-29(38)22-17-26(37)36(18-22)25-7-5-4-6-8-25/h4-16,22H,17-18H2,1-3H3,(H,34,38)(H2,31,32,33,35)/t22-/m0/s1. The summed E-state index contributed by atoms with van der Waals surface area (Å²) in [7, 11) is 0. The number of aromatic nitrogens is 2. The molecule has 0 bridgehead atoms. The highest BCUT2D eigenvalue weighted by Gasteiger charge is 2.35. The van der Waals surface area contributed by atoms with E-state index < -0.39 is 5.92 Å². The Hall–Kier alpha value is -4.72. The highest BCUT2D eigenvalue weighted by Crippen LogP contribution is 2.31. The van der Waals surface area contributed by atoms with Crippen LogP contribution in [0.25, 0.3) is 0 Å². The SMILES string of the molecule is Cc1ccc(Nc2nc(C)c(NC(=O)[C@H]3CC(=O)N(c4ccccc4)C3)c(Nc3ccc(C)cc3)n2)cc1. The van der Waals surface area contributed by atoms with Crippen molar-refractivity contribution in [3.63, 3.8) is 0 Å². The summed E-state index contributed by atoms with van der Waals surface area (Å²) in [5, 5.41) is 9.59. The van der Waals surface area contributed by atoms with E-state index in [4.69, 9.17) is 4.98 Å². The molecule has 1 saturated heterocycles. The van der Waals surface area contributed by atoms with Gasteiger partial charge in [0.25, 0.3) is 0 Å². The van der Waals surface area contributed by atoms with Crippen molar-refractivity contribution in [3.05, 3.63) is 95.7 Å². The molecule has 5 rings (SSSR count). The molecule has 1 aromatic heterocycles.